The number of carbonyl (C=O) groups is 3. The Hall–Kier alpha value is -4.25. The molecule has 10 nitrogen and oxygen atoms in total. The molecule has 4 rings (SSSR count). The average Bonchev–Trinajstić information content (AvgIpc) is 3.33. The zero-order valence-corrected chi connectivity index (χ0v) is 22.2. The van der Waals surface area contributed by atoms with E-state index in [9.17, 15) is 24.6 Å². The third-order valence-electron chi connectivity index (χ3n) is 6.06. The zero-order chi connectivity index (χ0) is 27.8. The molecule has 2 aromatic carbocycles. The number of aryl methyl sites for hydroxylation is 1. The first-order valence-electron chi connectivity index (χ1n) is 12.5. The summed E-state index contributed by atoms with van der Waals surface area (Å²) in [7, 11) is 0. The second-order valence-corrected chi connectivity index (χ2v) is 10.1. The molecular formula is C28H30N4O6S. The monoisotopic (exact) mass is 550 g/mol. The maximum absolute atomic E-state index is 13.7. The van der Waals surface area contributed by atoms with Crippen LogP contribution < -0.4 is 15.5 Å². The number of nitrogens with one attached hydrogen (secondary N) is 2. The second kappa shape index (κ2) is 13.0. The van der Waals surface area contributed by atoms with Gasteiger partial charge >= 0.3 is 0 Å². The molecule has 3 amide bonds. The van der Waals surface area contributed by atoms with Crippen molar-refractivity contribution in [2.45, 2.75) is 38.3 Å². The highest BCUT2D eigenvalue weighted by atomic mass is 32.2. The van der Waals surface area contributed by atoms with Crippen LogP contribution in [-0.2, 0) is 14.4 Å². The van der Waals surface area contributed by atoms with E-state index in [0.29, 0.717) is 17.0 Å². The number of allylic oxidation sites excluding steroid dienone is 1. The van der Waals surface area contributed by atoms with Gasteiger partial charge in [0.1, 0.15) is 11.8 Å². The molecule has 39 heavy (non-hydrogen) atoms. The smallest absolute Gasteiger partial charge is 0.248 e. The van der Waals surface area contributed by atoms with Crippen molar-refractivity contribution >= 4 is 41.0 Å². The highest BCUT2D eigenvalue weighted by Gasteiger charge is 2.34. The zero-order valence-electron chi connectivity index (χ0n) is 21.4. The van der Waals surface area contributed by atoms with Gasteiger partial charge in [-0.2, -0.15) is 0 Å². The number of benzene rings is 2. The number of anilines is 2. The normalized spacial score (nSPS) is 15.4. The van der Waals surface area contributed by atoms with E-state index in [-0.39, 0.29) is 35.0 Å². The minimum absolute atomic E-state index is 0.0238. The summed E-state index contributed by atoms with van der Waals surface area (Å²) >= 11 is 1.09. The highest BCUT2D eigenvalue weighted by molar-refractivity contribution is 8.00. The molecule has 1 aliphatic carbocycles. The van der Waals surface area contributed by atoms with Crippen LogP contribution in [0.4, 0.5) is 11.5 Å². The topological polar surface area (TPSA) is 145 Å². The molecular weight excluding hydrogens is 520 g/mol. The standard InChI is InChI=1S/C28H30N4O6S/c1-18-14-24(31-38-18)30-25(35)16-39-17-26(36)32(21-10-6-3-7-11-21)27(19-12-13-22(33)23(34)15-19)28(37)29-20-8-4-2-5-9-20/h3-4,6-8,10-15,20,27,33-34H,2,5,9,16-17H2,1H3,(H,29,37)(H,30,31,35)/t20-,27+/m0/s1. The number of phenols is 2. The van der Waals surface area contributed by atoms with Crippen molar-refractivity contribution in [2.75, 3.05) is 21.7 Å². The van der Waals surface area contributed by atoms with Crippen molar-refractivity contribution in [1.82, 2.24) is 10.5 Å². The number of phenolic OH excluding ortho intramolecular Hbond substituents is 2. The second-order valence-electron chi connectivity index (χ2n) is 9.09. The van der Waals surface area contributed by atoms with Crippen LogP contribution in [0.15, 0.2) is 71.3 Å². The van der Waals surface area contributed by atoms with Crippen LogP contribution in [0, 0.1) is 6.92 Å². The molecule has 3 aromatic rings. The van der Waals surface area contributed by atoms with Crippen LogP contribution in [0.5, 0.6) is 11.5 Å². The van der Waals surface area contributed by atoms with E-state index < -0.39 is 23.6 Å². The largest absolute Gasteiger partial charge is 0.504 e. The minimum atomic E-state index is -1.14. The summed E-state index contributed by atoms with van der Waals surface area (Å²) in [6.45, 7) is 1.71. The number of amides is 3. The van der Waals surface area contributed by atoms with Crippen molar-refractivity contribution in [3.8, 4) is 11.5 Å². The summed E-state index contributed by atoms with van der Waals surface area (Å²) in [5.74, 6) is -1.22. The Morgan fingerprint density at radius 2 is 1.90 bits per heavy atom. The van der Waals surface area contributed by atoms with E-state index in [1.807, 2.05) is 12.2 Å². The van der Waals surface area contributed by atoms with Crippen LogP contribution in [0.3, 0.4) is 0 Å². The summed E-state index contributed by atoms with van der Waals surface area (Å²) in [5, 5.41) is 29.4. The fraction of sp³-hybridized carbons (Fsp3) is 0.286. The molecule has 1 aliphatic rings. The van der Waals surface area contributed by atoms with Gasteiger partial charge in [0.2, 0.25) is 17.7 Å². The van der Waals surface area contributed by atoms with Crippen LogP contribution in [-0.4, -0.2) is 50.6 Å². The predicted molar refractivity (Wildman–Crippen MR) is 149 cm³/mol. The van der Waals surface area contributed by atoms with Crippen LogP contribution in [0.25, 0.3) is 0 Å². The quantitative estimate of drug-likeness (QED) is 0.218. The Bertz CT molecular complexity index is 1340. The number of aromatic hydroxyl groups is 2. The molecule has 2 atom stereocenters. The summed E-state index contributed by atoms with van der Waals surface area (Å²) in [4.78, 5) is 41.1. The molecule has 0 saturated heterocycles. The van der Waals surface area contributed by atoms with E-state index in [2.05, 4.69) is 15.8 Å². The summed E-state index contributed by atoms with van der Waals surface area (Å²) in [6.07, 6.45) is 6.59. The van der Waals surface area contributed by atoms with Crippen molar-refractivity contribution in [2.24, 2.45) is 0 Å². The SMILES string of the molecule is Cc1cc(NC(=O)CSCC(=O)N(c2ccccc2)[C@@H](C(=O)N[C@H]2C=CCCC2)c2ccc(O)c(O)c2)no1. The Morgan fingerprint density at radius 3 is 2.56 bits per heavy atom. The van der Waals surface area contributed by atoms with E-state index >= 15 is 0 Å². The number of nitrogens with zero attached hydrogens (tertiary/aromatic N) is 2. The van der Waals surface area contributed by atoms with E-state index in [1.165, 1.54) is 23.1 Å². The number of hydrogen-bond donors (Lipinski definition) is 4. The average molecular weight is 551 g/mol. The Balaban J connectivity index is 1.58. The molecule has 1 aromatic heterocycles. The molecule has 0 saturated carbocycles. The Kier molecular flexibility index (Phi) is 9.27. The summed E-state index contributed by atoms with van der Waals surface area (Å²) in [6, 6.07) is 13.0. The van der Waals surface area contributed by atoms with Gasteiger partial charge in [0.05, 0.1) is 11.5 Å². The Morgan fingerprint density at radius 1 is 1.10 bits per heavy atom. The van der Waals surface area contributed by atoms with Crippen LogP contribution in [0.2, 0.25) is 0 Å². The lowest BCUT2D eigenvalue weighted by molar-refractivity contribution is -0.126. The number of aromatic nitrogens is 1. The van der Waals surface area contributed by atoms with Gasteiger partial charge in [0.15, 0.2) is 17.3 Å². The van der Waals surface area contributed by atoms with Gasteiger partial charge in [-0.15, -0.1) is 11.8 Å². The number of carbonyl (C=O) groups excluding carboxylic acids is 3. The van der Waals surface area contributed by atoms with Crippen molar-refractivity contribution in [3.05, 3.63) is 78.1 Å². The highest BCUT2D eigenvalue weighted by Crippen LogP contribution is 2.34. The first-order valence-corrected chi connectivity index (χ1v) is 13.6. The lowest BCUT2D eigenvalue weighted by Crippen LogP contribution is -2.47. The fourth-order valence-corrected chi connectivity index (χ4v) is 4.93. The van der Waals surface area contributed by atoms with E-state index in [1.54, 1.807) is 43.3 Å². The van der Waals surface area contributed by atoms with Gasteiger partial charge in [-0.1, -0.05) is 41.6 Å². The van der Waals surface area contributed by atoms with Crippen LogP contribution >= 0.6 is 11.8 Å². The molecule has 204 valence electrons. The molecule has 0 radical (unpaired) electrons. The van der Waals surface area contributed by atoms with Gasteiger partial charge in [0, 0.05) is 17.8 Å². The third kappa shape index (κ3) is 7.41. The lowest BCUT2D eigenvalue weighted by Gasteiger charge is -2.33. The first-order chi connectivity index (χ1) is 18.8. The van der Waals surface area contributed by atoms with Gasteiger partial charge in [0.25, 0.3) is 0 Å². The maximum Gasteiger partial charge on any atom is 0.248 e. The molecule has 1 heterocycles. The molecule has 0 spiro atoms. The predicted octanol–water partition coefficient (Wildman–Crippen LogP) is 4.07. The molecule has 0 unspecified atom stereocenters. The summed E-state index contributed by atoms with van der Waals surface area (Å²) in [5.41, 5.74) is 0.793. The van der Waals surface area contributed by atoms with Gasteiger partial charge in [-0.05, 0) is 56.0 Å². The summed E-state index contributed by atoms with van der Waals surface area (Å²) < 4.78 is 4.94. The van der Waals surface area contributed by atoms with Gasteiger partial charge < -0.3 is 25.4 Å². The third-order valence-corrected chi connectivity index (χ3v) is 6.98. The number of para-hydroxylation sites is 1. The number of rotatable bonds is 10. The van der Waals surface area contributed by atoms with Crippen LogP contribution in [0.1, 0.15) is 36.6 Å². The number of hydrogen-bond acceptors (Lipinski definition) is 8. The molecule has 4 N–H and O–H groups in total. The minimum Gasteiger partial charge on any atom is -0.504 e. The lowest BCUT2D eigenvalue weighted by atomic mass is 9.99. The molecule has 11 heteroatoms. The molecule has 0 bridgehead atoms. The van der Waals surface area contributed by atoms with E-state index in [0.717, 1.165) is 31.0 Å². The van der Waals surface area contributed by atoms with Crippen molar-refractivity contribution < 1.29 is 29.1 Å². The first kappa shape index (κ1) is 27.8. The van der Waals surface area contributed by atoms with Crippen molar-refractivity contribution in [3.63, 3.8) is 0 Å². The molecule has 0 aliphatic heterocycles. The number of thioether (sulfide) groups is 1. The van der Waals surface area contributed by atoms with E-state index in [4.69, 9.17) is 4.52 Å². The van der Waals surface area contributed by atoms with Crippen molar-refractivity contribution in [1.29, 1.82) is 0 Å². The Labute approximate surface area is 230 Å². The fourth-order valence-electron chi connectivity index (χ4n) is 4.25. The maximum atomic E-state index is 13.7. The van der Waals surface area contributed by atoms with Gasteiger partial charge in [-0.3, -0.25) is 19.3 Å². The molecule has 0 fully saturated rings. The van der Waals surface area contributed by atoms with Gasteiger partial charge in [-0.25, -0.2) is 0 Å².